The van der Waals surface area contributed by atoms with Gasteiger partial charge in [-0.2, -0.15) is 0 Å². The molecule has 1 unspecified atom stereocenters. The number of carbonyl (C=O) groups excluding carboxylic acids is 1. The van der Waals surface area contributed by atoms with Crippen molar-refractivity contribution in [2.75, 3.05) is 14.2 Å². The van der Waals surface area contributed by atoms with Gasteiger partial charge in [0.1, 0.15) is 5.75 Å². The number of hydrogen-bond acceptors (Lipinski definition) is 5. The van der Waals surface area contributed by atoms with Crippen molar-refractivity contribution in [2.45, 2.75) is 45.4 Å². The zero-order chi connectivity index (χ0) is 17.8. The minimum Gasteiger partial charge on any atom is -0.542 e. The first-order valence-corrected chi connectivity index (χ1v) is 14.4. The van der Waals surface area contributed by atoms with E-state index in [9.17, 15) is 4.79 Å². The molecule has 23 heavy (non-hydrogen) atoms. The smallest absolute Gasteiger partial charge is 0.338 e. The van der Waals surface area contributed by atoms with Crippen LogP contribution in [0.25, 0.3) is 0 Å². The average molecular weight is 357 g/mol. The minimum atomic E-state index is -1.93. The number of hydrogen-bond donors (Lipinski definition) is 0. The van der Waals surface area contributed by atoms with Gasteiger partial charge in [-0.3, -0.25) is 0 Å². The van der Waals surface area contributed by atoms with Crippen LogP contribution in [-0.4, -0.2) is 36.8 Å². The number of ether oxygens (including phenoxy) is 2. The Bertz CT molecular complexity index is 546. The highest BCUT2D eigenvalue weighted by atomic mass is 28.4. The zero-order valence-corrected chi connectivity index (χ0v) is 17.4. The lowest BCUT2D eigenvalue weighted by molar-refractivity contribution is -0.149. The molecular weight excluding hydrogens is 328 g/mol. The molecule has 0 heterocycles. The molecule has 0 N–H and O–H groups in total. The molecule has 130 valence electrons. The van der Waals surface area contributed by atoms with Crippen LogP contribution >= 0.6 is 0 Å². The van der Waals surface area contributed by atoms with Crippen molar-refractivity contribution >= 4 is 22.6 Å². The molecule has 0 fully saturated rings. The highest BCUT2D eigenvalue weighted by Crippen LogP contribution is 2.34. The molecule has 1 aromatic rings. The molecule has 0 saturated carbocycles. The lowest BCUT2D eigenvalue weighted by Gasteiger charge is -2.26. The van der Waals surface area contributed by atoms with Gasteiger partial charge in [-0.15, -0.1) is 0 Å². The van der Waals surface area contributed by atoms with Crippen molar-refractivity contribution in [3.63, 3.8) is 0 Å². The Balaban J connectivity index is 3.26. The van der Waals surface area contributed by atoms with E-state index in [1.807, 2.05) is 31.8 Å². The molecular formula is C16H28O5Si2. The second-order valence-electron chi connectivity index (χ2n) is 7.26. The van der Waals surface area contributed by atoms with Gasteiger partial charge in [-0.05, 0) is 57.0 Å². The summed E-state index contributed by atoms with van der Waals surface area (Å²) >= 11 is 0. The summed E-state index contributed by atoms with van der Waals surface area (Å²) in [6.07, 6.45) is -0.749. The summed E-state index contributed by atoms with van der Waals surface area (Å²) in [6.45, 7) is 12.4. The second kappa shape index (κ2) is 7.50. The Morgan fingerprint density at radius 1 is 0.957 bits per heavy atom. The molecule has 0 aliphatic carbocycles. The van der Waals surface area contributed by atoms with Crippen molar-refractivity contribution in [2.24, 2.45) is 0 Å². The van der Waals surface area contributed by atoms with E-state index in [0.29, 0.717) is 17.1 Å². The van der Waals surface area contributed by atoms with Gasteiger partial charge < -0.3 is 18.3 Å². The van der Waals surface area contributed by atoms with Gasteiger partial charge in [0.2, 0.25) is 8.32 Å². The van der Waals surface area contributed by atoms with Crippen molar-refractivity contribution in [3.05, 3.63) is 23.8 Å². The second-order valence-corrected chi connectivity index (χ2v) is 16.1. The molecule has 0 saturated heterocycles. The summed E-state index contributed by atoms with van der Waals surface area (Å²) in [4.78, 5) is 12.2. The summed E-state index contributed by atoms with van der Waals surface area (Å²) < 4.78 is 22.4. The van der Waals surface area contributed by atoms with Crippen molar-refractivity contribution in [1.29, 1.82) is 0 Å². The van der Waals surface area contributed by atoms with Crippen LogP contribution < -0.4 is 9.16 Å². The first-order valence-electron chi connectivity index (χ1n) is 7.59. The fourth-order valence-corrected chi connectivity index (χ4v) is 3.74. The largest absolute Gasteiger partial charge is 0.542 e. The van der Waals surface area contributed by atoms with Gasteiger partial charge in [0.25, 0.3) is 0 Å². The SMILES string of the molecule is COC(=O)C(O[Si](C)(C)C)c1ccc(OC)c(O[Si](C)(C)C)c1. The standard InChI is InChI=1S/C16H28O5Si2/c1-18-13-10-9-12(11-14(13)20-22(3,4)5)15(16(17)19-2)21-23(6,7)8/h9-11,15H,1-8H3. The Labute approximate surface area is 141 Å². The van der Waals surface area contributed by atoms with Crippen molar-refractivity contribution in [1.82, 2.24) is 0 Å². The number of methoxy groups -OCH3 is 2. The van der Waals surface area contributed by atoms with Crippen LogP contribution in [-0.2, 0) is 14.0 Å². The monoisotopic (exact) mass is 356 g/mol. The van der Waals surface area contributed by atoms with E-state index in [-0.39, 0.29) is 0 Å². The first kappa shape index (κ1) is 19.7. The van der Waals surface area contributed by atoms with Crippen LogP contribution in [0.15, 0.2) is 18.2 Å². The van der Waals surface area contributed by atoms with Gasteiger partial charge in [0.15, 0.2) is 20.2 Å². The maximum absolute atomic E-state index is 12.2. The Morgan fingerprint density at radius 3 is 2.00 bits per heavy atom. The van der Waals surface area contributed by atoms with E-state index in [1.54, 1.807) is 13.2 Å². The highest BCUT2D eigenvalue weighted by Gasteiger charge is 2.30. The molecule has 5 nitrogen and oxygen atoms in total. The third-order valence-corrected chi connectivity index (χ3v) is 4.57. The van der Waals surface area contributed by atoms with Crippen molar-refractivity contribution < 1.29 is 23.1 Å². The normalized spacial score (nSPS) is 13.4. The molecule has 0 aliphatic rings. The highest BCUT2D eigenvalue weighted by molar-refractivity contribution is 6.70. The molecule has 0 radical (unpaired) electrons. The van der Waals surface area contributed by atoms with Gasteiger partial charge in [-0.25, -0.2) is 4.79 Å². The molecule has 1 aromatic carbocycles. The molecule has 0 aliphatic heterocycles. The van der Waals surface area contributed by atoms with Gasteiger partial charge in [-0.1, -0.05) is 6.07 Å². The van der Waals surface area contributed by atoms with Crippen LogP contribution in [0.3, 0.4) is 0 Å². The lowest BCUT2D eigenvalue weighted by Crippen LogP contribution is -2.32. The first-order chi connectivity index (χ1) is 10.5. The third-order valence-electron chi connectivity index (χ3n) is 2.79. The molecule has 0 bridgehead atoms. The van der Waals surface area contributed by atoms with Crippen LogP contribution in [0, 0.1) is 0 Å². The summed E-state index contributed by atoms with van der Waals surface area (Å²) in [5.41, 5.74) is 0.716. The van der Waals surface area contributed by atoms with E-state index in [2.05, 4.69) is 19.6 Å². The van der Waals surface area contributed by atoms with E-state index >= 15 is 0 Å². The summed E-state index contributed by atoms with van der Waals surface area (Å²) in [5.74, 6) is 0.876. The Morgan fingerprint density at radius 2 is 1.57 bits per heavy atom. The molecule has 7 heteroatoms. The third kappa shape index (κ3) is 6.36. The summed E-state index contributed by atoms with van der Waals surface area (Å²) in [6, 6.07) is 5.44. The maximum Gasteiger partial charge on any atom is 0.338 e. The van der Waals surface area contributed by atoms with Gasteiger partial charge >= 0.3 is 5.97 Å². The average Bonchev–Trinajstić information content (AvgIpc) is 2.41. The minimum absolute atomic E-state index is 0.406. The number of esters is 1. The molecule has 0 amide bonds. The maximum atomic E-state index is 12.2. The van der Waals surface area contributed by atoms with E-state index in [0.717, 1.165) is 0 Å². The fourth-order valence-electron chi connectivity index (χ4n) is 1.98. The Hall–Kier alpha value is -1.32. The van der Waals surface area contributed by atoms with Crippen LogP contribution in [0.1, 0.15) is 11.7 Å². The number of rotatable bonds is 7. The molecule has 0 aromatic heterocycles. The zero-order valence-electron chi connectivity index (χ0n) is 15.4. The number of carbonyl (C=O) groups is 1. The lowest BCUT2D eigenvalue weighted by atomic mass is 10.1. The van der Waals surface area contributed by atoms with Crippen LogP contribution in [0.5, 0.6) is 11.5 Å². The van der Waals surface area contributed by atoms with E-state index in [1.165, 1.54) is 7.11 Å². The quantitative estimate of drug-likeness (QED) is 0.546. The van der Waals surface area contributed by atoms with E-state index < -0.39 is 28.7 Å². The molecule has 1 rings (SSSR count). The molecule has 0 spiro atoms. The Kier molecular flexibility index (Phi) is 6.44. The van der Waals surface area contributed by atoms with Gasteiger partial charge in [0, 0.05) is 0 Å². The topological polar surface area (TPSA) is 54.0 Å². The molecule has 1 atom stereocenters. The van der Waals surface area contributed by atoms with Crippen LogP contribution in [0.4, 0.5) is 0 Å². The predicted octanol–water partition coefficient (Wildman–Crippen LogP) is 3.97. The summed E-state index contributed by atoms with van der Waals surface area (Å²) in [7, 11) is -0.780. The van der Waals surface area contributed by atoms with Crippen LogP contribution in [0.2, 0.25) is 39.3 Å². The van der Waals surface area contributed by atoms with Crippen molar-refractivity contribution in [3.8, 4) is 11.5 Å². The predicted molar refractivity (Wildman–Crippen MR) is 96.2 cm³/mol. The van der Waals surface area contributed by atoms with Gasteiger partial charge in [0.05, 0.1) is 14.2 Å². The summed E-state index contributed by atoms with van der Waals surface area (Å²) in [5, 5.41) is 0. The fraction of sp³-hybridized carbons (Fsp3) is 0.562. The number of benzene rings is 1. The van der Waals surface area contributed by atoms with E-state index in [4.69, 9.17) is 18.3 Å².